The molecule has 0 radical (unpaired) electrons. The Morgan fingerprint density at radius 2 is 1.50 bits per heavy atom. The topological polar surface area (TPSA) is 98.6 Å². The highest BCUT2D eigenvalue weighted by Gasteiger charge is 2.18. The molecule has 0 bridgehead atoms. The molecule has 8 nitrogen and oxygen atoms in total. The van der Waals surface area contributed by atoms with Crippen LogP contribution in [0.15, 0.2) is 35.4 Å². The predicted molar refractivity (Wildman–Crippen MR) is 114 cm³/mol. The number of para-hydroxylation sites is 1. The van der Waals surface area contributed by atoms with Crippen LogP contribution in [0, 0.1) is 0 Å². The number of hydrogen-bond acceptors (Lipinski definition) is 7. The summed E-state index contributed by atoms with van der Waals surface area (Å²) in [6.45, 7) is 9.04. The molecule has 0 aliphatic carbocycles. The van der Waals surface area contributed by atoms with Gasteiger partial charge in [-0.25, -0.2) is 5.43 Å². The van der Waals surface area contributed by atoms with Crippen LogP contribution < -0.4 is 24.4 Å². The van der Waals surface area contributed by atoms with Gasteiger partial charge in [-0.15, -0.1) is 0 Å². The van der Waals surface area contributed by atoms with Crippen molar-refractivity contribution in [3.63, 3.8) is 0 Å². The number of phenols is 1. The first-order chi connectivity index (χ1) is 14.5. The van der Waals surface area contributed by atoms with Gasteiger partial charge in [0.15, 0.2) is 23.0 Å². The molecule has 0 aliphatic heterocycles. The zero-order valence-electron chi connectivity index (χ0n) is 17.7. The number of rotatable bonds is 11. The second-order valence-electron chi connectivity index (χ2n) is 5.93. The first-order valence-corrected chi connectivity index (χ1v) is 9.90. The van der Waals surface area contributed by atoms with Crippen LogP contribution in [0.3, 0.4) is 0 Å². The van der Waals surface area contributed by atoms with E-state index in [-0.39, 0.29) is 5.75 Å². The van der Waals surface area contributed by atoms with E-state index >= 15 is 0 Å². The van der Waals surface area contributed by atoms with E-state index in [0.717, 1.165) is 0 Å². The van der Waals surface area contributed by atoms with Gasteiger partial charge in [-0.1, -0.05) is 6.07 Å². The third-order valence-corrected chi connectivity index (χ3v) is 3.87. The number of phenolic OH excluding ortho intramolecular Hbond substituents is 1. The molecule has 0 atom stereocenters. The van der Waals surface area contributed by atoms with Gasteiger partial charge in [0.25, 0.3) is 5.91 Å². The summed E-state index contributed by atoms with van der Waals surface area (Å²) in [5.41, 5.74) is 3.16. The fourth-order valence-corrected chi connectivity index (χ4v) is 2.66. The van der Waals surface area contributed by atoms with Crippen LogP contribution in [-0.4, -0.2) is 43.7 Å². The van der Waals surface area contributed by atoms with Crippen molar-refractivity contribution in [2.45, 2.75) is 27.7 Å². The Morgan fingerprint density at radius 3 is 2.07 bits per heavy atom. The molecular weight excluding hydrogens is 388 g/mol. The fourth-order valence-electron chi connectivity index (χ4n) is 2.66. The number of hydrazone groups is 1. The summed E-state index contributed by atoms with van der Waals surface area (Å²) >= 11 is 0. The van der Waals surface area contributed by atoms with Crippen LogP contribution in [0.1, 0.15) is 43.6 Å². The number of nitrogens with zero attached hydrogens (tertiary/aromatic N) is 1. The van der Waals surface area contributed by atoms with Gasteiger partial charge in [0.2, 0.25) is 5.75 Å². The van der Waals surface area contributed by atoms with Crippen molar-refractivity contribution >= 4 is 12.1 Å². The number of nitrogens with one attached hydrogen (secondary N) is 1. The van der Waals surface area contributed by atoms with Gasteiger partial charge in [-0.2, -0.15) is 5.10 Å². The maximum atomic E-state index is 12.6. The van der Waals surface area contributed by atoms with Crippen LogP contribution in [0.25, 0.3) is 0 Å². The first-order valence-electron chi connectivity index (χ1n) is 9.90. The van der Waals surface area contributed by atoms with E-state index in [2.05, 4.69) is 10.5 Å². The Kier molecular flexibility index (Phi) is 8.80. The highest BCUT2D eigenvalue weighted by atomic mass is 16.5. The number of ether oxygens (including phenoxy) is 4. The van der Waals surface area contributed by atoms with Crippen molar-refractivity contribution in [2.75, 3.05) is 26.4 Å². The summed E-state index contributed by atoms with van der Waals surface area (Å²) in [7, 11) is 0. The maximum Gasteiger partial charge on any atom is 0.271 e. The van der Waals surface area contributed by atoms with Crippen molar-refractivity contribution < 1.29 is 28.8 Å². The smallest absolute Gasteiger partial charge is 0.271 e. The number of hydrogen-bond donors (Lipinski definition) is 2. The summed E-state index contributed by atoms with van der Waals surface area (Å²) < 4.78 is 22.2. The molecule has 0 unspecified atom stereocenters. The molecule has 0 spiro atoms. The molecule has 0 heterocycles. The van der Waals surface area contributed by atoms with Crippen molar-refractivity contribution in [2.24, 2.45) is 5.10 Å². The zero-order valence-corrected chi connectivity index (χ0v) is 17.7. The minimum Gasteiger partial charge on any atom is -0.504 e. The van der Waals surface area contributed by atoms with E-state index in [1.165, 1.54) is 6.21 Å². The van der Waals surface area contributed by atoms with Gasteiger partial charge in [0.05, 0.1) is 32.6 Å². The predicted octanol–water partition coefficient (Wildman–Crippen LogP) is 3.75. The van der Waals surface area contributed by atoms with E-state index in [0.29, 0.717) is 60.6 Å². The van der Waals surface area contributed by atoms with Gasteiger partial charge in [-0.05, 0) is 52.0 Å². The van der Waals surface area contributed by atoms with Crippen molar-refractivity contribution in [3.8, 4) is 28.7 Å². The SMILES string of the molecule is CCOc1cccc(/C=N/NC(=O)c2cc(OCC)c(OCC)c(OCC)c2)c1O. The molecule has 0 aliphatic rings. The molecule has 2 N–H and O–H groups in total. The zero-order chi connectivity index (χ0) is 21.9. The second kappa shape index (κ2) is 11.5. The lowest BCUT2D eigenvalue weighted by molar-refractivity contribution is 0.0954. The highest BCUT2D eigenvalue weighted by Crippen LogP contribution is 2.39. The Hall–Kier alpha value is -3.42. The minimum atomic E-state index is -0.461. The number of carbonyl (C=O) groups excluding carboxylic acids is 1. The molecule has 0 saturated carbocycles. The minimum absolute atomic E-state index is 0.0457. The van der Waals surface area contributed by atoms with E-state index in [4.69, 9.17) is 18.9 Å². The van der Waals surface area contributed by atoms with Gasteiger partial charge >= 0.3 is 0 Å². The Bertz CT molecular complexity index is 855. The average molecular weight is 416 g/mol. The molecule has 8 heteroatoms. The third kappa shape index (κ3) is 5.79. The summed E-state index contributed by atoms with van der Waals surface area (Å²) in [5, 5.41) is 14.1. The molecule has 1 amide bonds. The lowest BCUT2D eigenvalue weighted by Crippen LogP contribution is -2.18. The average Bonchev–Trinajstić information content (AvgIpc) is 2.73. The lowest BCUT2D eigenvalue weighted by Gasteiger charge is -2.16. The second-order valence-corrected chi connectivity index (χ2v) is 5.93. The van der Waals surface area contributed by atoms with Crippen LogP contribution in [0.2, 0.25) is 0 Å². The van der Waals surface area contributed by atoms with E-state index < -0.39 is 5.91 Å². The van der Waals surface area contributed by atoms with Crippen LogP contribution >= 0.6 is 0 Å². The molecule has 0 saturated heterocycles. The van der Waals surface area contributed by atoms with Crippen molar-refractivity contribution in [1.29, 1.82) is 0 Å². The molecule has 162 valence electrons. The van der Waals surface area contributed by atoms with Gasteiger partial charge in [0, 0.05) is 11.1 Å². The lowest BCUT2D eigenvalue weighted by atomic mass is 10.1. The number of amides is 1. The first kappa shape index (κ1) is 22.9. The van der Waals surface area contributed by atoms with E-state index in [1.54, 1.807) is 30.3 Å². The standard InChI is InChI=1S/C22H28N2O6/c1-5-27-17-11-9-10-15(20(17)25)14-23-24-22(26)16-12-18(28-6-2)21(30-8-4)19(13-16)29-7-3/h9-14,25H,5-8H2,1-4H3,(H,24,26)/b23-14+. The number of benzene rings is 2. The summed E-state index contributed by atoms with van der Waals surface area (Å²) in [6.07, 6.45) is 1.34. The van der Waals surface area contributed by atoms with Crippen LogP contribution in [0.4, 0.5) is 0 Å². The largest absolute Gasteiger partial charge is 0.504 e. The van der Waals surface area contributed by atoms with Gasteiger partial charge < -0.3 is 24.1 Å². The molecule has 0 aromatic heterocycles. The Morgan fingerprint density at radius 1 is 0.933 bits per heavy atom. The number of aromatic hydroxyl groups is 1. The monoisotopic (exact) mass is 416 g/mol. The van der Waals surface area contributed by atoms with E-state index in [1.807, 2.05) is 27.7 Å². The Balaban J connectivity index is 2.24. The quantitative estimate of drug-likeness (QED) is 0.428. The van der Waals surface area contributed by atoms with Crippen LogP contribution in [0.5, 0.6) is 28.7 Å². The van der Waals surface area contributed by atoms with Gasteiger partial charge in [-0.3, -0.25) is 4.79 Å². The molecule has 2 aromatic carbocycles. The Labute approximate surface area is 176 Å². The normalized spacial score (nSPS) is 10.7. The summed E-state index contributed by atoms with van der Waals surface area (Å²) in [4.78, 5) is 12.6. The molecule has 2 rings (SSSR count). The summed E-state index contributed by atoms with van der Waals surface area (Å²) in [6, 6.07) is 8.19. The van der Waals surface area contributed by atoms with Crippen molar-refractivity contribution in [1.82, 2.24) is 5.43 Å². The number of carbonyl (C=O) groups is 1. The summed E-state index contributed by atoms with van der Waals surface area (Å²) in [5.74, 6) is 1.14. The molecule has 30 heavy (non-hydrogen) atoms. The molecule has 0 fully saturated rings. The highest BCUT2D eigenvalue weighted by molar-refractivity contribution is 5.96. The fraction of sp³-hybridized carbons (Fsp3) is 0.364. The molecule has 2 aromatic rings. The van der Waals surface area contributed by atoms with E-state index in [9.17, 15) is 9.90 Å². The van der Waals surface area contributed by atoms with Crippen molar-refractivity contribution in [3.05, 3.63) is 41.5 Å². The molecular formula is C22H28N2O6. The van der Waals surface area contributed by atoms with Crippen LogP contribution in [-0.2, 0) is 0 Å². The third-order valence-electron chi connectivity index (χ3n) is 3.87. The van der Waals surface area contributed by atoms with Gasteiger partial charge in [0.1, 0.15) is 0 Å². The maximum absolute atomic E-state index is 12.6.